The Morgan fingerprint density at radius 2 is 1.79 bits per heavy atom. The molecule has 2 N–H and O–H groups in total. The van der Waals surface area contributed by atoms with Crippen LogP contribution in [0.3, 0.4) is 0 Å². The molecule has 0 radical (unpaired) electrons. The second-order valence-corrected chi connectivity index (χ2v) is 6.44. The molecule has 0 atom stereocenters. The molecule has 7 heteroatoms. The minimum absolute atomic E-state index is 0.544. The van der Waals surface area contributed by atoms with Crippen molar-refractivity contribution in [1.29, 1.82) is 0 Å². The van der Waals surface area contributed by atoms with Gasteiger partial charge >= 0.3 is 0 Å². The summed E-state index contributed by atoms with van der Waals surface area (Å²) in [6, 6.07) is 11.6. The van der Waals surface area contributed by atoms with E-state index in [1.54, 1.807) is 0 Å². The highest BCUT2D eigenvalue weighted by molar-refractivity contribution is 6.39. The van der Waals surface area contributed by atoms with E-state index in [1.165, 1.54) is 0 Å². The molecule has 0 amide bonds. The number of nitrogens with zero attached hydrogens (tertiary/aromatic N) is 3. The van der Waals surface area contributed by atoms with E-state index in [9.17, 15) is 0 Å². The van der Waals surface area contributed by atoms with Crippen LogP contribution < -0.4 is 5.32 Å². The molecule has 5 rings (SSSR count). The van der Waals surface area contributed by atoms with Crippen LogP contribution in [0.1, 0.15) is 0 Å². The molecule has 24 heavy (non-hydrogen) atoms. The second-order valence-electron chi connectivity index (χ2n) is 5.63. The van der Waals surface area contributed by atoms with E-state index in [4.69, 9.17) is 28.3 Å². The van der Waals surface area contributed by atoms with Gasteiger partial charge < -0.3 is 5.32 Å². The van der Waals surface area contributed by atoms with Crippen molar-refractivity contribution in [2.45, 2.75) is 6.67 Å². The zero-order chi connectivity index (χ0) is 16.3. The van der Waals surface area contributed by atoms with E-state index in [0.29, 0.717) is 16.7 Å². The van der Waals surface area contributed by atoms with Crippen molar-refractivity contribution >= 4 is 39.8 Å². The fourth-order valence-corrected chi connectivity index (χ4v) is 3.82. The van der Waals surface area contributed by atoms with E-state index < -0.39 is 0 Å². The Balaban J connectivity index is 1.89. The standard InChI is InChI=1S/C17H11Cl2N5/c18-11-5-2-6-12(19)14(11)16-10-4-1-3-9-15-13(7-21-22-15)20-8-24(23-16)17(9)10/h1-7,20H,8H2,(H,21,22). The van der Waals surface area contributed by atoms with Crippen LogP contribution in [0.5, 0.6) is 0 Å². The molecule has 0 spiro atoms. The number of hydrogen-bond acceptors (Lipinski definition) is 3. The average Bonchev–Trinajstić information content (AvgIpc) is 3.14. The molecule has 2 aromatic heterocycles. The summed E-state index contributed by atoms with van der Waals surface area (Å²) in [4.78, 5) is 0. The summed E-state index contributed by atoms with van der Waals surface area (Å²) in [6.07, 6.45) is 1.85. The number of H-pyrrole nitrogens is 1. The fraction of sp³-hybridized carbons (Fsp3) is 0.0588. The maximum Gasteiger partial charge on any atom is 0.117 e. The molecule has 2 aromatic carbocycles. The van der Waals surface area contributed by atoms with Crippen molar-refractivity contribution in [1.82, 2.24) is 20.0 Å². The molecule has 1 aliphatic rings. The van der Waals surface area contributed by atoms with Gasteiger partial charge in [-0.25, -0.2) is 4.68 Å². The number of para-hydroxylation sites is 1. The SMILES string of the molecule is Clc1cccc(Cl)c1-c1nn2c3c(cccc13)-c1n[nH]cc1NC2. The van der Waals surface area contributed by atoms with Gasteiger partial charge in [0.1, 0.15) is 18.1 Å². The molecule has 118 valence electrons. The van der Waals surface area contributed by atoms with Gasteiger partial charge in [0.15, 0.2) is 0 Å². The first-order valence-corrected chi connectivity index (χ1v) is 8.21. The van der Waals surface area contributed by atoms with Crippen LogP contribution in [0.25, 0.3) is 33.4 Å². The van der Waals surface area contributed by atoms with Crippen LogP contribution in [0, 0.1) is 0 Å². The second kappa shape index (κ2) is 5.00. The van der Waals surface area contributed by atoms with Crippen LogP contribution in [-0.2, 0) is 6.67 Å². The van der Waals surface area contributed by atoms with E-state index in [2.05, 4.69) is 15.5 Å². The molecule has 0 aliphatic carbocycles. The highest BCUT2D eigenvalue weighted by atomic mass is 35.5. The molecular weight excluding hydrogens is 345 g/mol. The maximum atomic E-state index is 6.40. The summed E-state index contributed by atoms with van der Waals surface area (Å²) in [5, 5.41) is 17.6. The predicted molar refractivity (Wildman–Crippen MR) is 96.4 cm³/mol. The van der Waals surface area contributed by atoms with Gasteiger partial charge in [-0.1, -0.05) is 47.5 Å². The van der Waals surface area contributed by atoms with Crippen molar-refractivity contribution in [2.75, 3.05) is 5.32 Å². The third kappa shape index (κ3) is 1.82. The van der Waals surface area contributed by atoms with Crippen molar-refractivity contribution < 1.29 is 0 Å². The van der Waals surface area contributed by atoms with Crippen molar-refractivity contribution in [3.05, 3.63) is 52.6 Å². The molecule has 0 saturated carbocycles. The summed E-state index contributed by atoms with van der Waals surface area (Å²) in [5.74, 6) is 0. The van der Waals surface area contributed by atoms with Gasteiger partial charge in [0.05, 0.1) is 21.2 Å². The Kier molecular flexibility index (Phi) is 2.89. The number of benzene rings is 2. The zero-order valence-corrected chi connectivity index (χ0v) is 13.9. The summed E-state index contributed by atoms with van der Waals surface area (Å²) in [5.41, 5.74) is 5.42. The van der Waals surface area contributed by atoms with Gasteiger partial charge in [0.2, 0.25) is 0 Å². The van der Waals surface area contributed by atoms with Gasteiger partial charge in [-0.2, -0.15) is 10.2 Å². The Bertz CT molecular complexity index is 1080. The van der Waals surface area contributed by atoms with Crippen LogP contribution in [0.15, 0.2) is 42.6 Å². The first-order chi connectivity index (χ1) is 11.7. The number of fused-ring (bicyclic) bond motifs is 2. The number of aromatic nitrogens is 4. The van der Waals surface area contributed by atoms with Gasteiger partial charge in [0, 0.05) is 22.7 Å². The molecule has 4 aromatic rings. The van der Waals surface area contributed by atoms with Crippen LogP contribution in [0.2, 0.25) is 10.0 Å². The van der Waals surface area contributed by atoms with Crippen molar-refractivity contribution in [3.63, 3.8) is 0 Å². The van der Waals surface area contributed by atoms with Crippen LogP contribution >= 0.6 is 23.2 Å². The molecule has 0 fully saturated rings. The Morgan fingerprint density at radius 1 is 1.00 bits per heavy atom. The zero-order valence-electron chi connectivity index (χ0n) is 12.3. The van der Waals surface area contributed by atoms with E-state index in [1.807, 2.05) is 47.3 Å². The third-order valence-electron chi connectivity index (χ3n) is 4.28. The highest BCUT2D eigenvalue weighted by Gasteiger charge is 2.23. The molecule has 0 bridgehead atoms. The van der Waals surface area contributed by atoms with E-state index in [-0.39, 0.29) is 0 Å². The van der Waals surface area contributed by atoms with Gasteiger partial charge in [-0.05, 0) is 12.1 Å². The monoisotopic (exact) mass is 355 g/mol. The molecule has 0 unspecified atom stereocenters. The predicted octanol–water partition coefficient (Wildman–Crippen LogP) is 4.78. The number of rotatable bonds is 1. The summed E-state index contributed by atoms with van der Waals surface area (Å²) in [6.45, 7) is 0.544. The van der Waals surface area contributed by atoms with Crippen molar-refractivity contribution in [3.8, 4) is 22.5 Å². The lowest BCUT2D eigenvalue weighted by Gasteiger charge is -2.05. The Labute approximate surface area is 147 Å². The normalized spacial score (nSPS) is 12.8. The minimum Gasteiger partial charge on any atom is -0.363 e. The number of aromatic amines is 1. The Hall–Kier alpha value is -2.50. The maximum absolute atomic E-state index is 6.40. The number of anilines is 1. The lowest BCUT2D eigenvalue weighted by atomic mass is 10.0. The average molecular weight is 356 g/mol. The number of hydrogen-bond donors (Lipinski definition) is 2. The van der Waals surface area contributed by atoms with Crippen molar-refractivity contribution in [2.24, 2.45) is 0 Å². The lowest BCUT2D eigenvalue weighted by molar-refractivity contribution is 0.700. The van der Waals surface area contributed by atoms with Gasteiger partial charge in [-0.15, -0.1) is 0 Å². The smallest absolute Gasteiger partial charge is 0.117 e. The third-order valence-corrected chi connectivity index (χ3v) is 4.91. The van der Waals surface area contributed by atoms with Gasteiger partial charge in [-0.3, -0.25) is 5.10 Å². The summed E-state index contributed by atoms with van der Waals surface area (Å²) in [7, 11) is 0. The fourth-order valence-electron chi connectivity index (χ4n) is 3.24. The first kappa shape index (κ1) is 13.9. The van der Waals surface area contributed by atoms with Crippen LogP contribution in [0.4, 0.5) is 5.69 Å². The quantitative estimate of drug-likeness (QED) is 0.516. The Morgan fingerprint density at radius 3 is 2.62 bits per heavy atom. The van der Waals surface area contributed by atoms with E-state index in [0.717, 1.165) is 39.1 Å². The first-order valence-electron chi connectivity index (χ1n) is 7.46. The molecule has 1 aliphatic heterocycles. The summed E-state index contributed by atoms with van der Waals surface area (Å²) >= 11 is 12.8. The summed E-state index contributed by atoms with van der Waals surface area (Å²) < 4.78 is 1.93. The minimum atomic E-state index is 0.544. The van der Waals surface area contributed by atoms with E-state index >= 15 is 0 Å². The highest BCUT2D eigenvalue weighted by Crippen LogP contribution is 2.41. The molecule has 3 heterocycles. The molecular formula is C17H11Cl2N5. The molecule has 5 nitrogen and oxygen atoms in total. The lowest BCUT2D eigenvalue weighted by Crippen LogP contribution is -2.07. The largest absolute Gasteiger partial charge is 0.363 e. The van der Waals surface area contributed by atoms with Gasteiger partial charge in [0.25, 0.3) is 0 Å². The molecule has 0 saturated heterocycles. The topological polar surface area (TPSA) is 58.5 Å². The van der Waals surface area contributed by atoms with Crippen LogP contribution in [-0.4, -0.2) is 20.0 Å². The number of nitrogens with one attached hydrogen (secondary N) is 2. The number of halogens is 2.